The Bertz CT molecular complexity index is 712. The number of ketones is 1. The molecular formula is C23H32ClNO2. The lowest BCUT2D eigenvalue weighted by molar-refractivity contribution is -0.126. The Kier molecular flexibility index (Phi) is 6.00. The molecule has 0 saturated heterocycles. The van der Waals surface area contributed by atoms with Crippen molar-refractivity contribution in [2.45, 2.75) is 65.8 Å². The van der Waals surface area contributed by atoms with Crippen LogP contribution in [0.15, 0.2) is 24.3 Å². The zero-order valence-corrected chi connectivity index (χ0v) is 17.7. The van der Waals surface area contributed by atoms with Gasteiger partial charge in [0, 0.05) is 16.9 Å². The van der Waals surface area contributed by atoms with Crippen molar-refractivity contribution in [1.29, 1.82) is 0 Å². The van der Waals surface area contributed by atoms with Crippen LogP contribution < -0.4 is 5.32 Å². The van der Waals surface area contributed by atoms with Gasteiger partial charge in [0.15, 0.2) is 0 Å². The van der Waals surface area contributed by atoms with Gasteiger partial charge in [0.25, 0.3) is 0 Å². The van der Waals surface area contributed by atoms with Crippen LogP contribution in [0.25, 0.3) is 0 Å². The molecule has 2 unspecified atom stereocenters. The van der Waals surface area contributed by atoms with E-state index in [1.807, 2.05) is 25.1 Å². The molecule has 3 nitrogen and oxygen atoms in total. The average Bonchev–Trinajstić information content (AvgIpc) is 2.98. The van der Waals surface area contributed by atoms with Crippen molar-refractivity contribution < 1.29 is 9.59 Å². The van der Waals surface area contributed by atoms with Gasteiger partial charge in [-0.15, -0.1) is 0 Å². The Morgan fingerprint density at radius 3 is 2.48 bits per heavy atom. The Balaban J connectivity index is 1.77. The Morgan fingerprint density at radius 1 is 1.30 bits per heavy atom. The smallest absolute Gasteiger partial charge is 0.223 e. The lowest BCUT2D eigenvalue weighted by Gasteiger charge is -2.27. The number of hydrogen-bond acceptors (Lipinski definition) is 2. The molecule has 0 aliphatic heterocycles. The summed E-state index contributed by atoms with van der Waals surface area (Å²) in [5.41, 5.74) is 1.05. The maximum atomic E-state index is 13.2. The minimum Gasteiger partial charge on any atom is -0.349 e. The number of nitrogens with one attached hydrogen (secondary N) is 1. The number of benzene rings is 1. The van der Waals surface area contributed by atoms with Crippen molar-refractivity contribution in [2.24, 2.45) is 29.1 Å². The number of carbonyl (C=O) groups is 2. The number of halogens is 1. The molecule has 1 aromatic rings. The third kappa shape index (κ3) is 3.94. The molecule has 27 heavy (non-hydrogen) atoms. The summed E-state index contributed by atoms with van der Waals surface area (Å²) >= 11 is 6.22. The van der Waals surface area contributed by atoms with Crippen LogP contribution in [0.3, 0.4) is 0 Å². The van der Waals surface area contributed by atoms with Crippen molar-refractivity contribution in [3.8, 4) is 0 Å². The molecule has 5 atom stereocenters. The van der Waals surface area contributed by atoms with E-state index in [2.05, 4.69) is 25.2 Å². The van der Waals surface area contributed by atoms with Gasteiger partial charge in [0.1, 0.15) is 5.78 Å². The molecule has 0 radical (unpaired) electrons. The fraction of sp³-hybridized carbons (Fsp3) is 0.652. The van der Waals surface area contributed by atoms with E-state index in [0.29, 0.717) is 10.9 Å². The number of amides is 1. The van der Waals surface area contributed by atoms with Crippen LogP contribution in [0, 0.1) is 29.1 Å². The van der Waals surface area contributed by atoms with Crippen molar-refractivity contribution in [3.63, 3.8) is 0 Å². The van der Waals surface area contributed by atoms with Crippen LogP contribution in [0.5, 0.6) is 0 Å². The van der Waals surface area contributed by atoms with E-state index in [-0.39, 0.29) is 40.9 Å². The highest BCUT2D eigenvalue weighted by Crippen LogP contribution is 2.64. The molecule has 1 aromatic carbocycles. The number of Topliss-reactive ketones (excluding diaryl/α,β-unsaturated/α-hetero) is 1. The van der Waals surface area contributed by atoms with Crippen molar-refractivity contribution >= 4 is 23.3 Å². The minimum atomic E-state index is -0.160. The van der Waals surface area contributed by atoms with Crippen molar-refractivity contribution in [2.75, 3.05) is 0 Å². The van der Waals surface area contributed by atoms with E-state index < -0.39 is 0 Å². The molecule has 1 N–H and O–H groups in total. The van der Waals surface area contributed by atoms with Crippen LogP contribution in [0.1, 0.15) is 71.4 Å². The van der Waals surface area contributed by atoms with E-state index in [1.54, 1.807) is 6.92 Å². The van der Waals surface area contributed by atoms with E-state index in [0.717, 1.165) is 24.8 Å². The number of rotatable bonds is 7. The van der Waals surface area contributed by atoms with Gasteiger partial charge in [-0.2, -0.15) is 0 Å². The Morgan fingerprint density at radius 2 is 1.96 bits per heavy atom. The summed E-state index contributed by atoms with van der Waals surface area (Å²) in [6.45, 7) is 7.92. The van der Waals surface area contributed by atoms with Gasteiger partial charge in [-0.05, 0) is 61.1 Å². The molecule has 2 aliphatic carbocycles. The third-order valence-corrected chi connectivity index (χ3v) is 7.49. The summed E-state index contributed by atoms with van der Waals surface area (Å²) in [7, 11) is 0. The Hall–Kier alpha value is -1.35. The number of carbonyl (C=O) groups excluding carboxylic acids is 2. The topological polar surface area (TPSA) is 46.2 Å². The van der Waals surface area contributed by atoms with Crippen LogP contribution in [-0.2, 0) is 9.59 Å². The van der Waals surface area contributed by atoms with Crippen molar-refractivity contribution in [1.82, 2.24) is 5.32 Å². The van der Waals surface area contributed by atoms with Gasteiger partial charge in [0.05, 0.1) is 6.04 Å². The van der Waals surface area contributed by atoms with E-state index in [1.165, 1.54) is 12.8 Å². The number of hydrogen-bond donors (Lipinski definition) is 1. The second-order valence-corrected chi connectivity index (χ2v) is 9.28. The largest absolute Gasteiger partial charge is 0.349 e. The van der Waals surface area contributed by atoms with Gasteiger partial charge in [-0.25, -0.2) is 0 Å². The first-order chi connectivity index (χ1) is 12.8. The highest BCUT2D eigenvalue weighted by Gasteiger charge is 2.65. The molecular weight excluding hydrogens is 358 g/mol. The van der Waals surface area contributed by atoms with Crippen molar-refractivity contribution in [3.05, 3.63) is 34.9 Å². The first kappa shape index (κ1) is 20.4. The van der Waals surface area contributed by atoms with Crippen LogP contribution >= 0.6 is 11.6 Å². The summed E-state index contributed by atoms with van der Waals surface area (Å²) in [5.74, 6) is 0.737. The van der Waals surface area contributed by atoms with Gasteiger partial charge >= 0.3 is 0 Å². The normalized spacial score (nSPS) is 30.0. The fourth-order valence-electron chi connectivity index (χ4n) is 5.55. The highest BCUT2D eigenvalue weighted by molar-refractivity contribution is 6.30. The summed E-state index contributed by atoms with van der Waals surface area (Å²) in [5, 5.41) is 4.04. The molecule has 3 rings (SSSR count). The van der Waals surface area contributed by atoms with E-state index >= 15 is 0 Å². The molecule has 4 heteroatoms. The zero-order valence-electron chi connectivity index (χ0n) is 16.9. The third-order valence-electron chi connectivity index (χ3n) is 7.25. The molecule has 0 bridgehead atoms. The van der Waals surface area contributed by atoms with Crippen LogP contribution in [0.2, 0.25) is 5.02 Å². The van der Waals surface area contributed by atoms with Gasteiger partial charge in [-0.3, -0.25) is 9.59 Å². The second-order valence-electron chi connectivity index (χ2n) is 8.85. The lowest BCUT2D eigenvalue weighted by Crippen LogP contribution is -2.37. The van der Waals surface area contributed by atoms with Gasteiger partial charge in [0.2, 0.25) is 5.91 Å². The van der Waals surface area contributed by atoms with E-state index in [4.69, 9.17) is 11.6 Å². The predicted octanol–water partition coefficient (Wildman–Crippen LogP) is 5.57. The summed E-state index contributed by atoms with van der Waals surface area (Å²) in [6.07, 6.45) is 5.64. The standard InChI is InChI=1S/C23H32ClNO2/c1-5-23(4)19(20(23)15(3)26)14(2)22(27)25-21(16-9-6-7-10-16)17-11-8-12-18(24)13-17/h8,11-14,16,19-21H,5-7,9-10H2,1-4H3,(H,25,27)/t14-,19?,20?,21+,23+/m1/s1. The van der Waals surface area contributed by atoms with Crippen LogP contribution in [-0.4, -0.2) is 11.7 Å². The second kappa shape index (κ2) is 7.95. The first-order valence-electron chi connectivity index (χ1n) is 10.4. The highest BCUT2D eigenvalue weighted by atomic mass is 35.5. The van der Waals surface area contributed by atoms with Gasteiger partial charge in [-0.1, -0.05) is 57.3 Å². The molecule has 148 valence electrons. The van der Waals surface area contributed by atoms with Crippen LogP contribution in [0.4, 0.5) is 0 Å². The maximum Gasteiger partial charge on any atom is 0.223 e. The molecule has 2 aliphatic rings. The quantitative estimate of drug-likeness (QED) is 0.662. The van der Waals surface area contributed by atoms with Gasteiger partial charge < -0.3 is 5.32 Å². The molecule has 2 fully saturated rings. The molecule has 0 spiro atoms. The zero-order chi connectivity index (χ0) is 19.8. The Labute approximate surface area is 168 Å². The maximum absolute atomic E-state index is 13.2. The fourth-order valence-corrected chi connectivity index (χ4v) is 5.74. The summed E-state index contributed by atoms with van der Waals surface area (Å²) in [4.78, 5) is 25.2. The SMILES string of the molecule is CC[C@]1(C)C(C(C)=O)C1[C@@H](C)C(=O)N[C@H](c1cccc(Cl)c1)C1CCCC1. The molecule has 2 saturated carbocycles. The predicted molar refractivity (Wildman–Crippen MR) is 110 cm³/mol. The lowest BCUT2D eigenvalue weighted by atomic mass is 9.90. The minimum absolute atomic E-state index is 0.00330. The summed E-state index contributed by atoms with van der Waals surface area (Å²) < 4.78 is 0. The molecule has 1 amide bonds. The van der Waals surface area contributed by atoms with E-state index in [9.17, 15) is 9.59 Å². The average molecular weight is 390 g/mol. The summed E-state index contributed by atoms with van der Waals surface area (Å²) in [6, 6.07) is 7.86. The first-order valence-corrected chi connectivity index (χ1v) is 10.7. The molecule has 0 aromatic heterocycles. The monoisotopic (exact) mass is 389 g/mol. The molecule has 0 heterocycles.